The third-order valence-corrected chi connectivity index (χ3v) is 2.55. The zero-order valence-corrected chi connectivity index (χ0v) is 8.65. The van der Waals surface area contributed by atoms with Crippen molar-refractivity contribution in [3.05, 3.63) is 18.2 Å². The summed E-state index contributed by atoms with van der Waals surface area (Å²) in [5, 5.41) is 0. The van der Waals surface area contributed by atoms with Gasteiger partial charge in [0.25, 0.3) is 0 Å². The van der Waals surface area contributed by atoms with E-state index in [-0.39, 0.29) is 0 Å². The van der Waals surface area contributed by atoms with Crippen LogP contribution in [0.1, 0.15) is 5.69 Å². The number of aryl methyl sites for hydroxylation is 1. The summed E-state index contributed by atoms with van der Waals surface area (Å²) in [6.07, 6.45) is 4.98. The predicted molar refractivity (Wildman–Crippen MR) is 54.2 cm³/mol. The van der Waals surface area contributed by atoms with Gasteiger partial charge in [0.2, 0.25) is 0 Å². The van der Waals surface area contributed by atoms with Gasteiger partial charge >= 0.3 is 0 Å². The third kappa shape index (κ3) is 2.56. The van der Waals surface area contributed by atoms with Gasteiger partial charge in [-0.15, -0.1) is 0 Å². The SMILES string of the molecule is Cn1cnc(CCN2CCOCC2)c1. The molecule has 4 heteroatoms. The monoisotopic (exact) mass is 195 g/mol. The fourth-order valence-electron chi connectivity index (χ4n) is 1.69. The van der Waals surface area contributed by atoms with Crippen LogP contribution in [0.25, 0.3) is 0 Å². The topological polar surface area (TPSA) is 30.3 Å². The Balaban J connectivity index is 1.76. The highest BCUT2D eigenvalue weighted by atomic mass is 16.5. The Morgan fingerprint density at radius 1 is 1.43 bits per heavy atom. The zero-order chi connectivity index (χ0) is 9.80. The lowest BCUT2D eigenvalue weighted by Gasteiger charge is -2.26. The molecule has 1 aliphatic heterocycles. The molecule has 14 heavy (non-hydrogen) atoms. The van der Waals surface area contributed by atoms with Crippen molar-refractivity contribution in [1.29, 1.82) is 0 Å². The minimum atomic E-state index is 0.877. The Morgan fingerprint density at radius 3 is 2.86 bits per heavy atom. The largest absolute Gasteiger partial charge is 0.379 e. The summed E-state index contributed by atoms with van der Waals surface area (Å²) in [4.78, 5) is 6.73. The van der Waals surface area contributed by atoms with Crippen LogP contribution in [0.4, 0.5) is 0 Å². The molecule has 1 aromatic rings. The van der Waals surface area contributed by atoms with Gasteiger partial charge in [-0.2, -0.15) is 0 Å². The normalized spacial score (nSPS) is 18.6. The van der Waals surface area contributed by atoms with Crippen LogP contribution in [0.5, 0.6) is 0 Å². The molecule has 2 heterocycles. The van der Waals surface area contributed by atoms with Gasteiger partial charge in [0.05, 0.1) is 25.2 Å². The van der Waals surface area contributed by atoms with Gasteiger partial charge in [-0.25, -0.2) is 4.98 Å². The van der Waals surface area contributed by atoms with E-state index in [1.807, 2.05) is 17.9 Å². The molecule has 0 N–H and O–H groups in total. The van der Waals surface area contributed by atoms with Crippen molar-refractivity contribution in [3.63, 3.8) is 0 Å². The van der Waals surface area contributed by atoms with Crippen molar-refractivity contribution in [2.45, 2.75) is 6.42 Å². The van der Waals surface area contributed by atoms with E-state index in [2.05, 4.69) is 16.1 Å². The summed E-state index contributed by atoms with van der Waals surface area (Å²) in [6.45, 7) is 4.98. The molecule has 0 bridgehead atoms. The van der Waals surface area contributed by atoms with E-state index in [1.54, 1.807) is 0 Å². The average Bonchev–Trinajstić information content (AvgIpc) is 2.63. The van der Waals surface area contributed by atoms with Gasteiger partial charge in [0, 0.05) is 39.3 Å². The van der Waals surface area contributed by atoms with Crippen molar-refractivity contribution in [1.82, 2.24) is 14.5 Å². The maximum absolute atomic E-state index is 5.29. The number of hydrogen-bond donors (Lipinski definition) is 0. The molecule has 4 nitrogen and oxygen atoms in total. The minimum Gasteiger partial charge on any atom is -0.379 e. The molecule has 0 aromatic carbocycles. The molecule has 0 spiro atoms. The van der Waals surface area contributed by atoms with Crippen LogP contribution in [-0.4, -0.2) is 47.3 Å². The predicted octanol–water partition coefficient (Wildman–Crippen LogP) is 0.295. The van der Waals surface area contributed by atoms with Crippen LogP contribution < -0.4 is 0 Å². The number of ether oxygens (including phenoxy) is 1. The fourth-order valence-corrected chi connectivity index (χ4v) is 1.69. The molecule has 1 fully saturated rings. The van der Waals surface area contributed by atoms with Gasteiger partial charge in [0.1, 0.15) is 0 Å². The standard InChI is InChI=1S/C10H17N3O/c1-12-8-10(11-9-12)2-3-13-4-6-14-7-5-13/h8-9H,2-7H2,1H3. The highest BCUT2D eigenvalue weighted by Crippen LogP contribution is 2.01. The molecule has 0 saturated carbocycles. The van der Waals surface area contributed by atoms with E-state index in [4.69, 9.17) is 4.74 Å². The Kier molecular flexibility index (Phi) is 3.16. The smallest absolute Gasteiger partial charge is 0.0946 e. The molecule has 0 amide bonds. The molecule has 1 aliphatic rings. The number of imidazole rings is 1. The Hall–Kier alpha value is -0.870. The van der Waals surface area contributed by atoms with Gasteiger partial charge in [-0.1, -0.05) is 0 Å². The first kappa shape index (κ1) is 9.68. The number of rotatable bonds is 3. The fraction of sp³-hybridized carbons (Fsp3) is 0.700. The highest BCUT2D eigenvalue weighted by molar-refractivity contribution is 4.96. The summed E-state index contributed by atoms with van der Waals surface area (Å²) in [5.74, 6) is 0. The van der Waals surface area contributed by atoms with Crippen molar-refractivity contribution in [3.8, 4) is 0 Å². The van der Waals surface area contributed by atoms with Crippen molar-refractivity contribution in [2.75, 3.05) is 32.8 Å². The average molecular weight is 195 g/mol. The van der Waals surface area contributed by atoms with Crippen LogP contribution in [0, 0.1) is 0 Å². The second-order valence-electron chi connectivity index (χ2n) is 3.73. The van der Waals surface area contributed by atoms with Gasteiger partial charge in [0.15, 0.2) is 0 Å². The van der Waals surface area contributed by atoms with E-state index in [1.165, 1.54) is 5.69 Å². The van der Waals surface area contributed by atoms with E-state index < -0.39 is 0 Å². The molecule has 0 aliphatic carbocycles. The first-order valence-corrected chi connectivity index (χ1v) is 5.11. The first-order chi connectivity index (χ1) is 6.84. The van der Waals surface area contributed by atoms with E-state index in [9.17, 15) is 0 Å². The quantitative estimate of drug-likeness (QED) is 0.694. The Labute approximate surface area is 84.5 Å². The molecule has 1 saturated heterocycles. The van der Waals surface area contributed by atoms with Crippen LogP contribution in [0.2, 0.25) is 0 Å². The molecular formula is C10H17N3O. The lowest BCUT2D eigenvalue weighted by atomic mass is 10.3. The Bertz CT molecular complexity index is 279. The van der Waals surface area contributed by atoms with Gasteiger partial charge in [-0.3, -0.25) is 4.90 Å². The van der Waals surface area contributed by atoms with Crippen molar-refractivity contribution < 1.29 is 4.74 Å². The second-order valence-corrected chi connectivity index (χ2v) is 3.73. The Morgan fingerprint density at radius 2 is 2.21 bits per heavy atom. The molecule has 0 radical (unpaired) electrons. The summed E-state index contributed by atoms with van der Waals surface area (Å²) < 4.78 is 7.29. The van der Waals surface area contributed by atoms with E-state index in [0.29, 0.717) is 0 Å². The second kappa shape index (κ2) is 4.57. The van der Waals surface area contributed by atoms with Gasteiger partial charge in [-0.05, 0) is 0 Å². The zero-order valence-electron chi connectivity index (χ0n) is 8.65. The molecule has 2 rings (SSSR count). The van der Waals surface area contributed by atoms with Crippen LogP contribution in [0.15, 0.2) is 12.5 Å². The van der Waals surface area contributed by atoms with E-state index >= 15 is 0 Å². The van der Waals surface area contributed by atoms with Gasteiger partial charge < -0.3 is 9.30 Å². The number of hydrogen-bond acceptors (Lipinski definition) is 3. The molecule has 78 valence electrons. The summed E-state index contributed by atoms with van der Waals surface area (Å²) >= 11 is 0. The highest BCUT2D eigenvalue weighted by Gasteiger charge is 2.10. The number of morpholine rings is 1. The maximum atomic E-state index is 5.29. The molecule has 1 aromatic heterocycles. The summed E-state index contributed by atoms with van der Waals surface area (Å²) in [7, 11) is 2.01. The van der Waals surface area contributed by atoms with Crippen LogP contribution in [-0.2, 0) is 18.2 Å². The third-order valence-electron chi connectivity index (χ3n) is 2.55. The minimum absolute atomic E-state index is 0.877. The van der Waals surface area contributed by atoms with Crippen LogP contribution in [0.3, 0.4) is 0 Å². The lowest BCUT2D eigenvalue weighted by molar-refractivity contribution is 0.0383. The van der Waals surface area contributed by atoms with Crippen molar-refractivity contribution >= 4 is 0 Å². The molecule has 0 atom stereocenters. The summed E-state index contributed by atoms with van der Waals surface area (Å²) in [6, 6.07) is 0. The number of nitrogens with zero attached hydrogens (tertiary/aromatic N) is 3. The molecule has 0 unspecified atom stereocenters. The van der Waals surface area contributed by atoms with E-state index in [0.717, 1.165) is 39.3 Å². The maximum Gasteiger partial charge on any atom is 0.0946 e. The lowest BCUT2D eigenvalue weighted by Crippen LogP contribution is -2.37. The number of aromatic nitrogens is 2. The summed E-state index contributed by atoms with van der Waals surface area (Å²) in [5.41, 5.74) is 1.18. The van der Waals surface area contributed by atoms with Crippen LogP contribution >= 0.6 is 0 Å². The van der Waals surface area contributed by atoms with Crippen molar-refractivity contribution in [2.24, 2.45) is 7.05 Å². The molecular weight excluding hydrogens is 178 g/mol. The first-order valence-electron chi connectivity index (χ1n) is 5.11.